The zero-order chi connectivity index (χ0) is 17.1. The average molecular weight is 348 g/mol. The monoisotopic (exact) mass is 348 g/mol. The van der Waals surface area contributed by atoms with E-state index in [2.05, 4.69) is 12.2 Å². The van der Waals surface area contributed by atoms with Crippen molar-refractivity contribution in [1.82, 2.24) is 10.2 Å². The summed E-state index contributed by atoms with van der Waals surface area (Å²) in [6.07, 6.45) is 4.66. The van der Waals surface area contributed by atoms with Gasteiger partial charge in [-0.2, -0.15) is 0 Å². The number of hydrogen-bond donors (Lipinski definition) is 1. The Kier molecular flexibility index (Phi) is 5.33. The molecular weight excluding hydrogens is 324 g/mol. The zero-order valence-electron chi connectivity index (χ0n) is 14.0. The molecule has 1 aliphatic heterocycles. The van der Waals surface area contributed by atoms with Gasteiger partial charge in [0.25, 0.3) is 0 Å². The number of rotatable bonds is 5. The van der Waals surface area contributed by atoms with Crippen molar-refractivity contribution in [1.29, 1.82) is 0 Å². The van der Waals surface area contributed by atoms with E-state index >= 15 is 0 Å². The summed E-state index contributed by atoms with van der Waals surface area (Å²) in [4.78, 5) is 39.1. The summed E-state index contributed by atoms with van der Waals surface area (Å²) in [7, 11) is 0. The molecule has 1 aromatic rings. The molecule has 3 rings (SSSR count). The van der Waals surface area contributed by atoms with Gasteiger partial charge >= 0.3 is 0 Å². The van der Waals surface area contributed by atoms with Crippen LogP contribution in [0.25, 0.3) is 0 Å². The van der Waals surface area contributed by atoms with Crippen LogP contribution in [-0.2, 0) is 9.59 Å². The molecule has 5 nitrogen and oxygen atoms in total. The maximum atomic E-state index is 12.3. The third-order valence-corrected chi connectivity index (χ3v) is 6.09. The molecule has 0 spiro atoms. The highest BCUT2D eigenvalue weighted by molar-refractivity contribution is 7.12. The first-order valence-electron chi connectivity index (χ1n) is 8.68. The Balaban J connectivity index is 1.49. The van der Waals surface area contributed by atoms with E-state index in [1.54, 1.807) is 6.07 Å². The molecular formula is C18H24N2O3S. The highest BCUT2D eigenvalue weighted by Crippen LogP contribution is 2.31. The van der Waals surface area contributed by atoms with Gasteiger partial charge in [0, 0.05) is 19.0 Å². The number of nitrogens with one attached hydrogen (secondary N) is 1. The van der Waals surface area contributed by atoms with E-state index in [0.717, 1.165) is 31.6 Å². The lowest BCUT2D eigenvalue weighted by Gasteiger charge is -2.33. The van der Waals surface area contributed by atoms with E-state index in [4.69, 9.17) is 0 Å². The van der Waals surface area contributed by atoms with Crippen molar-refractivity contribution >= 4 is 28.9 Å². The molecule has 1 saturated heterocycles. The predicted octanol–water partition coefficient (Wildman–Crippen LogP) is 2.47. The lowest BCUT2D eigenvalue weighted by atomic mass is 9.87. The van der Waals surface area contributed by atoms with Gasteiger partial charge in [-0.05, 0) is 43.0 Å². The third kappa shape index (κ3) is 3.86. The van der Waals surface area contributed by atoms with Gasteiger partial charge in [-0.3, -0.25) is 14.4 Å². The number of thiophene rings is 1. The lowest BCUT2D eigenvalue weighted by Crippen LogP contribution is -2.40. The van der Waals surface area contributed by atoms with Crippen molar-refractivity contribution in [2.75, 3.05) is 13.1 Å². The Morgan fingerprint density at radius 3 is 2.71 bits per heavy atom. The minimum absolute atomic E-state index is 0.00494. The largest absolute Gasteiger partial charge is 0.348 e. The summed E-state index contributed by atoms with van der Waals surface area (Å²) in [5, 5.41) is 4.54. The Morgan fingerprint density at radius 2 is 2.04 bits per heavy atom. The summed E-state index contributed by atoms with van der Waals surface area (Å²) >= 11 is 1.37. The average Bonchev–Trinajstić information content (AvgIpc) is 3.23. The minimum atomic E-state index is -0.326. The first kappa shape index (κ1) is 17.1. The number of Topliss-reactive ketones (excluding diaryl/α,β-unsaturated/α-hetero) is 1. The van der Waals surface area contributed by atoms with Crippen LogP contribution in [-0.4, -0.2) is 41.6 Å². The highest BCUT2D eigenvalue weighted by atomic mass is 32.1. The normalized spacial score (nSPS) is 27.3. The molecule has 1 aromatic heterocycles. The van der Waals surface area contributed by atoms with Crippen molar-refractivity contribution in [2.45, 2.75) is 45.1 Å². The Morgan fingerprint density at radius 1 is 1.29 bits per heavy atom. The molecule has 1 saturated carbocycles. The molecule has 130 valence electrons. The van der Waals surface area contributed by atoms with Gasteiger partial charge < -0.3 is 10.2 Å². The van der Waals surface area contributed by atoms with Crippen molar-refractivity contribution in [2.24, 2.45) is 11.8 Å². The molecule has 2 heterocycles. The Hall–Kier alpha value is -1.69. The maximum Gasteiger partial charge on any atom is 0.225 e. The fourth-order valence-corrected chi connectivity index (χ4v) is 4.31. The minimum Gasteiger partial charge on any atom is -0.348 e. The van der Waals surface area contributed by atoms with Crippen LogP contribution in [0.2, 0.25) is 0 Å². The van der Waals surface area contributed by atoms with Crippen molar-refractivity contribution < 1.29 is 14.4 Å². The van der Waals surface area contributed by atoms with Crippen LogP contribution in [0, 0.1) is 11.8 Å². The van der Waals surface area contributed by atoms with E-state index in [0.29, 0.717) is 17.5 Å². The summed E-state index contributed by atoms with van der Waals surface area (Å²) in [6, 6.07) is 3.86. The number of hydrogen-bond acceptors (Lipinski definition) is 4. The molecule has 1 unspecified atom stereocenters. The molecule has 2 aliphatic rings. The van der Waals surface area contributed by atoms with Gasteiger partial charge in [0.2, 0.25) is 11.8 Å². The molecule has 1 aliphatic carbocycles. The number of carbonyl (C=O) groups is 3. The first-order chi connectivity index (χ1) is 11.5. The number of ketones is 1. The standard InChI is InChI=1S/C18H24N2O3S/c1-12-4-6-14(7-5-12)20-11-13(9-17(20)22)18(23)19-10-15(21)16-3-2-8-24-16/h2-3,8,12-14H,4-7,9-11H2,1H3,(H,19,23). The van der Waals surface area contributed by atoms with Crippen molar-refractivity contribution in [3.8, 4) is 0 Å². The highest BCUT2D eigenvalue weighted by Gasteiger charge is 2.38. The quantitative estimate of drug-likeness (QED) is 0.831. The van der Waals surface area contributed by atoms with Crippen LogP contribution >= 0.6 is 11.3 Å². The predicted molar refractivity (Wildman–Crippen MR) is 92.9 cm³/mol. The van der Waals surface area contributed by atoms with Crippen LogP contribution in [0.4, 0.5) is 0 Å². The van der Waals surface area contributed by atoms with Crippen LogP contribution < -0.4 is 5.32 Å². The Bertz CT molecular complexity index is 606. The molecule has 0 aromatic carbocycles. The van der Waals surface area contributed by atoms with Gasteiger partial charge in [0.1, 0.15) is 0 Å². The topological polar surface area (TPSA) is 66.5 Å². The summed E-state index contributed by atoms with van der Waals surface area (Å²) < 4.78 is 0. The van der Waals surface area contributed by atoms with Crippen LogP contribution in [0.3, 0.4) is 0 Å². The van der Waals surface area contributed by atoms with Crippen LogP contribution in [0.15, 0.2) is 17.5 Å². The van der Waals surface area contributed by atoms with Gasteiger partial charge in [0.15, 0.2) is 5.78 Å². The molecule has 0 radical (unpaired) electrons. The van der Waals surface area contributed by atoms with Crippen molar-refractivity contribution in [3.63, 3.8) is 0 Å². The van der Waals surface area contributed by atoms with Gasteiger partial charge in [0.05, 0.1) is 17.3 Å². The Labute approximate surface area is 146 Å². The summed E-state index contributed by atoms with van der Waals surface area (Å²) in [5.74, 6) is 0.231. The molecule has 2 amide bonds. The smallest absolute Gasteiger partial charge is 0.225 e. The van der Waals surface area contributed by atoms with E-state index < -0.39 is 0 Å². The molecule has 2 fully saturated rings. The molecule has 1 atom stereocenters. The number of nitrogens with zero attached hydrogens (tertiary/aromatic N) is 1. The van der Waals surface area contributed by atoms with Crippen LogP contribution in [0.1, 0.15) is 48.7 Å². The summed E-state index contributed by atoms with van der Waals surface area (Å²) in [6.45, 7) is 2.75. The molecule has 1 N–H and O–H groups in total. The lowest BCUT2D eigenvalue weighted by molar-refractivity contribution is -0.130. The SMILES string of the molecule is CC1CCC(N2CC(C(=O)NCC(=O)c3cccs3)CC2=O)CC1. The van der Waals surface area contributed by atoms with Gasteiger partial charge in [-0.15, -0.1) is 11.3 Å². The zero-order valence-corrected chi connectivity index (χ0v) is 14.8. The van der Waals surface area contributed by atoms with Crippen LogP contribution in [0.5, 0.6) is 0 Å². The second-order valence-electron chi connectivity index (χ2n) is 6.98. The third-order valence-electron chi connectivity index (χ3n) is 5.17. The maximum absolute atomic E-state index is 12.3. The van der Waals surface area contributed by atoms with E-state index in [9.17, 15) is 14.4 Å². The van der Waals surface area contributed by atoms with Gasteiger partial charge in [-0.25, -0.2) is 0 Å². The fourth-order valence-electron chi connectivity index (χ4n) is 3.65. The van der Waals surface area contributed by atoms with E-state index in [1.807, 2.05) is 16.3 Å². The van der Waals surface area contributed by atoms with E-state index in [-0.39, 0.29) is 36.5 Å². The number of likely N-dealkylation sites (tertiary alicyclic amines) is 1. The summed E-state index contributed by atoms with van der Waals surface area (Å²) in [5.41, 5.74) is 0. The first-order valence-corrected chi connectivity index (χ1v) is 9.56. The van der Waals surface area contributed by atoms with E-state index in [1.165, 1.54) is 11.3 Å². The molecule has 0 bridgehead atoms. The second kappa shape index (κ2) is 7.47. The second-order valence-corrected chi connectivity index (χ2v) is 7.93. The number of amides is 2. The number of carbonyl (C=O) groups excluding carboxylic acids is 3. The van der Waals surface area contributed by atoms with Gasteiger partial charge in [-0.1, -0.05) is 13.0 Å². The fraction of sp³-hybridized carbons (Fsp3) is 0.611. The molecule has 24 heavy (non-hydrogen) atoms. The molecule has 6 heteroatoms. The van der Waals surface area contributed by atoms with Crippen molar-refractivity contribution in [3.05, 3.63) is 22.4 Å².